The van der Waals surface area contributed by atoms with Crippen LogP contribution in [-0.4, -0.2) is 0 Å². The molecule has 9 aromatic rings. The van der Waals surface area contributed by atoms with Crippen molar-refractivity contribution in [2.75, 3.05) is 0 Å². The lowest BCUT2D eigenvalue weighted by Crippen LogP contribution is -1.92. The van der Waals surface area contributed by atoms with Crippen LogP contribution in [0.3, 0.4) is 0 Å². The first-order chi connectivity index (χ1) is 24.3. The van der Waals surface area contributed by atoms with Crippen molar-refractivity contribution in [3.05, 3.63) is 158 Å². The average Bonchev–Trinajstić information content (AvgIpc) is 3.56. The maximum atomic E-state index is 9.29. The summed E-state index contributed by atoms with van der Waals surface area (Å²) in [7, 11) is 0. The second-order valence-corrected chi connectivity index (χ2v) is 10.7. The van der Waals surface area contributed by atoms with Gasteiger partial charge in [-0.1, -0.05) is 139 Å². The Balaban J connectivity index is 1.48. The van der Waals surface area contributed by atoms with E-state index in [1.54, 1.807) is 0 Å². The summed E-state index contributed by atoms with van der Waals surface area (Å²) < 4.78 is 67.3. The van der Waals surface area contributed by atoms with E-state index in [2.05, 4.69) is 48.5 Å². The van der Waals surface area contributed by atoms with Crippen LogP contribution >= 0.6 is 0 Å². The van der Waals surface area contributed by atoms with Crippen molar-refractivity contribution in [3.63, 3.8) is 0 Å². The SMILES string of the molecule is [2H]c1c([2H])c([2H])c2c(oc3c(-c4c5ccccc5c(-c5cc(-c6ccccc6)cc6ccccc56)c5ccccc45)c([2H])c([2H])c([2H])c32)c1[2H]. The highest BCUT2D eigenvalue weighted by molar-refractivity contribution is 6.26. The standard InChI is InChI=1S/C42H26O/c1-2-13-27(14-3-1)29-25-28-15-4-5-16-30(28)38(26-29)41-34-20-8-6-18-32(34)40(33-19-7-9-21-35(33)41)37-23-12-22-36-31-17-10-11-24-39(31)43-42(36)37/h1-26H/i10D,11D,12D,17D,22D,23D,24D. The predicted octanol–water partition coefficient (Wildman–Crippen LogP) is 12.0. The summed E-state index contributed by atoms with van der Waals surface area (Å²) >= 11 is 0. The van der Waals surface area contributed by atoms with E-state index in [1.165, 1.54) is 0 Å². The largest absolute Gasteiger partial charge is 0.455 e. The van der Waals surface area contributed by atoms with Crippen molar-refractivity contribution in [1.29, 1.82) is 0 Å². The van der Waals surface area contributed by atoms with Crippen molar-refractivity contribution >= 4 is 54.3 Å². The first-order valence-electron chi connectivity index (χ1n) is 17.7. The lowest BCUT2D eigenvalue weighted by Gasteiger charge is -2.19. The lowest BCUT2D eigenvalue weighted by molar-refractivity contribution is 0.670. The van der Waals surface area contributed by atoms with Gasteiger partial charge in [0, 0.05) is 21.9 Å². The zero-order valence-electron chi connectivity index (χ0n) is 29.9. The van der Waals surface area contributed by atoms with Crippen molar-refractivity contribution in [2.24, 2.45) is 0 Å². The Kier molecular flexibility index (Phi) is 3.95. The maximum Gasteiger partial charge on any atom is 0.143 e. The average molecular weight is 554 g/mol. The monoisotopic (exact) mass is 553 g/mol. The molecule has 0 aliphatic rings. The fourth-order valence-electron chi connectivity index (χ4n) is 6.51. The van der Waals surface area contributed by atoms with E-state index in [1.807, 2.05) is 66.7 Å². The van der Waals surface area contributed by atoms with Crippen molar-refractivity contribution < 1.29 is 14.0 Å². The fraction of sp³-hybridized carbons (Fsp3) is 0. The molecule has 1 nitrogen and oxygen atoms in total. The molecule has 8 aromatic carbocycles. The third kappa shape index (κ3) is 3.65. The second-order valence-electron chi connectivity index (χ2n) is 10.7. The van der Waals surface area contributed by atoms with E-state index >= 15 is 0 Å². The van der Waals surface area contributed by atoms with E-state index < -0.39 is 12.1 Å². The minimum atomic E-state index is -0.447. The van der Waals surface area contributed by atoms with Crippen LogP contribution in [0.15, 0.2) is 162 Å². The number of hydrogen-bond donors (Lipinski definition) is 0. The fourth-order valence-corrected chi connectivity index (χ4v) is 6.51. The van der Waals surface area contributed by atoms with Gasteiger partial charge in [0.15, 0.2) is 0 Å². The number of para-hydroxylation sites is 2. The van der Waals surface area contributed by atoms with E-state index in [9.17, 15) is 1.37 Å². The summed E-state index contributed by atoms with van der Waals surface area (Å²) in [5.41, 5.74) is 5.16. The van der Waals surface area contributed by atoms with Gasteiger partial charge in [0.05, 0.1) is 9.60 Å². The highest BCUT2D eigenvalue weighted by atomic mass is 16.3. The Hall–Kier alpha value is -5.66. The summed E-state index contributed by atoms with van der Waals surface area (Å²) in [5, 5.41) is 5.79. The first-order valence-corrected chi connectivity index (χ1v) is 14.2. The molecule has 0 unspecified atom stereocenters. The van der Waals surface area contributed by atoms with Crippen molar-refractivity contribution in [3.8, 4) is 33.4 Å². The van der Waals surface area contributed by atoms with Gasteiger partial charge >= 0.3 is 0 Å². The summed E-state index contributed by atoms with van der Waals surface area (Å²) in [6.45, 7) is 0. The molecule has 200 valence electrons. The van der Waals surface area contributed by atoms with Gasteiger partial charge in [-0.25, -0.2) is 0 Å². The summed E-state index contributed by atoms with van der Waals surface area (Å²) in [5.74, 6) is 0. The molecule has 0 radical (unpaired) electrons. The van der Waals surface area contributed by atoms with E-state index in [4.69, 9.17) is 12.6 Å². The molecule has 0 N–H and O–H groups in total. The lowest BCUT2D eigenvalue weighted by atomic mass is 9.83. The second kappa shape index (κ2) is 9.44. The molecule has 43 heavy (non-hydrogen) atoms. The Bertz CT molecular complexity index is 2840. The van der Waals surface area contributed by atoms with Crippen LogP contribution < -0.4 is 0 Å². The van der Waals surface area contributed by atoms with Gasteiger partial charge in [-0.15, -0.1) is 0 Å². The number of furan rings is 1. The highest BCUT2D eigenvalue weighted by Gasteiger charge is 2.21. The molecule has 1 heteroatoms. The van der Waals surface area contributed by atoms with Crippen LogP contribution in [0, 0.1) is 0 Å². The molecule has 0 atom stereocenters. The quantitative estimate of drug-likeness (QED) is 0.198. The molecule has 0 saturated heterocycles. The van der Waals surface area contributed by atoms with Gasteiger partial charge < -0.3 is 4.42 Å². The normalized spacial score (nSPS) is 14.0. The molecular formula is C42H26O. The number of fused-ring (bicyclic) bond motifs is 6. The van der Waals surface area contributed by atoms with E-state index in [0.29, 0.717) is 5.56 Å². The summed E-state index contributed by atoms with van der Waals surface area (Å²) in [6, 6.07) is 36.6. The third-order valence-corrected chi connectivity index (χ3v) is 8.36. The van der Waals surface area contributed by atoms with E-state index in [0.717, 1.165) is 54.6 Å². The van der Waals surface area contributed by atoms with Crippen LogP contribution in [0.4, 0.5) is 0 Å². The first kappa shape index (κ1) is 18.0. The molecule has 0 aliphatic heterocycles. The van der Waals surface area contributed by atoms with Crippen LogP contribution in [0.5, 0.6) is 0 Å². The molecular weight excluding hydrogens is 520 g/mol. The number of benzene rings is 8. The van der Waals surface area contributed by atoms with Crippen LogP contribution in [0.1, 0.15) is 9.60 Å². The van der Waals surface area contributed by atoms with Crippen LogP contribution in [0.25, 0.3) is 87.6 Å². The molecule has 0 fully saturated rings. The molecule has 1 aromatic heterocycles. The van der Waals surface area contributed by atoms with Gasteiger partial charge in [-0.3, -0.25) is 0 Å². The van der Waals surface area contributed by atoms with Crippen LogP contribution in [0.2, 0.25) is 0 Å². The zero-order chi connectivity index (χ0) is 34.4. The predicted molar refractivity (Wildman–Crippen MR) is 183 cm³/mol. The minimum absolute atomic E-state index is 0.0418. The zero-order valence-corrected chi connectivity index (χ0v) is 22.9. The Morgan fingerprint density at radius 1 is 0.419 bits per heavy atom. The van der Waals surface area contributed by atoms with E-state index in [-0.39, 0.29) is 57.7 Å². The van der Waals surface area contributed by atoms with Crippen LogP contribution in [-0.2, 0) is 0 Å². The van der Waals surface area contributed by atoms with Gasteiger partial charge in [-0.05, 0) is 72.7 Å². The molecule has 1 heterocycles. The Labute approximate surface area is 259 Å². The Morgan fingerprint density at radius 3 is 1.72 bits per heavy atom. The van der Waals surface area contributed by atoms with Gasteiger partial charge in [0.25, 0.3) is 0 Å². The molecule has 0 aliphatic carbocycles. The molecule has 0 bridgehead atoms. The minimum Gasteiger partial charge on any atom is -0.455 e. The molecule has 9 rings (SSSR count). The molecule has 0 saturated carbocycles. The highest BCUT2D eigenvalue weighted by Crippen LogP contribution is 2.48. The summed E-state index contributed by atoms with van der Waals surface area (Å²) in [6.07, 6.45) is 0. The van der Waals surface area contributed by atoms with Gasteiger partial charge in [0.1, 0.15) is 11.2 Å². The summed E-state index contributed by atoms with van der Waals surface area (Å²) in [4.78, 5) is 0. The smallest absolute Gasteiger partial charge is 0.143 e. The van der Waals surface area contributed by atoms with Gasteiger partial charge in [0.2, 0.25) is 0 Å². The van der Waals surface area contributed by atoms with Crippen molar-refractivity contribution in [2.45, 2.75) is 0 Å². The third-order valence-electron chi connectivity index (χ3n) is 8.36. The topological polar surface area (TPSA) is 13.1 Å². The van der Waals surface area contributed by atoms with Gasteiger partial charge in [-0.2, -0.15) is 0 Å². The number of hydrogen-bond acceptors (Lipinski definition) is 1. The maximum absolute atomic E-state index is 9.29. The Morgan fingerprint density at radius 2 is 1.00 bits per heavy atom. The molecule has 0 spiro atoms. The molecule has 0 amide bonds. The number of rotatable bonds is 3. The van der Waals surface area contributed by atoms with Crippen molar-refractivity contribution in [1.82, 2.24) is 0 Å².